The number of halogens is 3. The molecule has 6 nitrogen and oxygen atoms in total. The quantitative estimate of drug-likeness (QED) is 0.810. The van der Waals surface area contributed by atoms with Crippen LogP contribution in [0.25, 0.3) is 0 Å². The van der Waals surface area contributed by atoms with Gasteiger partial charge in [0, 0.05) is 18.9 Å². The van der Waals surface area contributed by atoms with Gasteiger partial charge in [0.25, 0.3) is 0 Å². The predicted molar refractivity (Wildman–Crippen MR) is 58.6 cm³/mol. The van der Waals surface area contributed by atoms with Crippen LogP contribution in [0.1, 0.15) is 12.1 Å². The summed E-state index contributed by atoms with van der Waals surface area (Å²) in [6.45, 7) is -0.371. The van der Waals surface area contributed by atoms with Crippen molar-refractivity contribution < 1.29 is 18.0 Å². The molecule has 2 unspecified atom stereocenters. The lowest BCUT2D eigenvalue weighted by atomic mass is 9.86. The highest BCUT2D eigenvalue weighted by molar-refractivity contribution is 5.79. The summed E-state index contributed by atoms with van der Waals surface area (Å²) in [6.07, 6.45) is -3.18. The number of aromatic nitrogens is 3. The molecule has 3 N–H and O–H groups in total. The van der Waals surface area contributed by atoms with E-state index in [2.05, 4.69) is 20.5 Å². The number of anilines is 1. The van der Waals surface area contributed by atoms with E-state index in [4.69, 9.17) is 5.73 Å². The van der Waals surface area contributed by atoms with Crippen molar-refractivity contribution in [1.29, 1.82) is 0 Å². The number of carbonyl (C=O) groups is 1. The predicted octanol–water partition coefficient (Wildman–Crippen LogP) is 0.311. The number of rotatable bonds is 2. The Morgan fingerprint density at radius 2 is 2.16 bits per heavy atom. The van der Waals surface area contributed by atoms with E-state index in [-0.39, 0.29) is 25.3 Å². The SMILES string of the molecule is Nc1ncc(CC2CC(C(F)(F)F)CNC2=O)nn1. The van der Waals surface area contributed by atoms with Gasteiger partial charge in [-0.15, -0.1) is 5.10 Å². The van der Waals surface area contributed by atoms with Gasteiger partial charge >= 0.3 is 6.18 Å². The number of nitrogens with two attached hydrogens (primary N) is 1. The van der Waals surface area contributed by atoms with Gasteiger partial charge < -0.3 is 11.1 Å². The lowest BCUT2D eigenvalue weighted by Crippen LogP contribution is -2.47. The summed E-state index contributed by atoms with van der Waals surface area (Å²) in [4.78, 5) is 15.3. The van der Waals surface area contributed by atoms with E-state index in [0.717, 1.165) is 0 Å². The van der Waals surface area contributed by atoms with Crippen molar-refractivity contribution in [2.75, 3.05) is 12.3 Å². The third kappa shape index (κ3) is 3.30. The van der Waals surface area contributed by atoms with Gasteiger partial charge in [0.05, 0.1) is 17.8 Å². The molecule has 1 aliphatic rings. The molecule has 1 aromatic rings. The Labute approximate surface area is 106 Å². The monoisotopic (exact) mass is 275 g/mol. The highest BCUT2D eigenvalue weighted by Crippen LogP contribution is 2.33. The number of alkyl halides is 3. The minimum atomic E-state index is -4.31. The van der Waals surface area contributed by atoms with Gasteiger partial charge in [-0.05, 0) is 6.42 Å². The first-order chi connectivity index (χ1) is 8.86. The molecule has 0 spiro atoms. The van der Waals surface area contributed by atoms with Crippen molar-refractivity contribution >= 4 is 11.9 Å². The van der Waals surface area contributed by atoms with E-state index in [1.54, 1.807) is 0 Å². The van der Waals surface area contributed by atoms with Crippen molar-refractivity contribution in [2.24, 2.45) is 11.8 Å². The van der Waals surface area contributed by atoms with E-state index in [0.29, 0.717) is 5.69 Å². The number of amides is 1. The second-order valence-electron chi connectivity index (χ2n) is 4.43. The molecule has 19 heavy (non-hydrogen) atoms. The maximum Gasteiger partial charge on any atom is 0.393 e. The summed E-state index contributed by atoms with van der Waals surface area (Å²) in [5, 5.41) is 9.46. The number of carbonyl (C=O) groups excluding carboxylic acids is 1. The molecular weight excluding hydrogens is 263 g/mol. The van der Waals surface area contributed by atoms with Gasteiger partial charge in [0.1, 0.15) is 0 Å². The van der Waals surface area contributed by atoms with Gasteiger partial charge in [0.2, 0.25) is 11.9 Å². The summed E-state index contributed by atoms with van der Waals surface area (Å²) < 4.78 is 37.9. The highest BCUT2D eigenvalue weighted by atomic mass is 19.4. The second kappa shape index (κ2) is 4.98. The molecule has 1 amide bonds. The molecule has 1 saturated heterocycles. The highest BCUT2D eigenvalue weighted by Gasteiger charge is 2.44. The molecule has 2 heterocycles. The lowest BCUT2D eigenvalue weighted by Gasteiger charge is -2.30. The van der Waals surface area contributed by atoms with Crippen LogP contribution in [0.3, 0.4) is 0 Å². The fourth-order valence-electron chi connectivity index (χ4n) is 1.98. The first kappa shape index (κ1) is 13.5. The van der Waals surface area contributed by atoms with Crippen molar-refractivity contribution in [3.8, 4) is 0 Å². The molecule has 104 valence electrons. The minimum Gasteiger partial charge on any atom is -0.366 e. The molecule has 2 atom stereocenters. The van der Waals surface area contributed by atoms with E-state index >= 15 is 0 Å². The number of nitrogens with zero attached hydrogens (tertiary/aromatic N) is 3. The average molecular weight is 275 g/mol. The molecular formula is C10H12F3N5O. The Kier molecular flexibility index (Phi) is 3.54. The number of nitrogen functional groups attached to an aromatic ring is 1. The van der Waals surface area contributed by atoms with Crippen LogP contribution in [0.5, 0.6) is 0 Å². The standard InChI is InChI=1S/C10H12F3N5O/c11-10(12,13)6-1-5(8(19)15-3-6)2-7-4-16-9(14)18-17-7/h4-6H,1-3H2,(H,15,19)(H2,14,16,18). The Morgan fingerprint density at radius 1 is 1.42 bits per heavy atom. The molecule has 1 aliphatic heterocycles. The molecule has 1 aromatic heterocycles. The molecule has 0 aromatic carbocycles. The summed E-state index contributed by atoms with van der Waals surface area (Å²) in [7, 11) is 0. The van der Waals surface area contributed by atoms with E-state index < -0.39 is 23.9 Å². The number of piperidine rings is 1. The lowest BCUT2D eigenvalue weighted by molar-refractivity contribution is -0.183. The molecule has 1 fully saturated rings. The molecule has 2 rings (SSSR count). The van der Waals surface area contributed by atoms with Crippen molar-refractivity contribution in [2.45, 2.75) is 19.0 Å². The van der Waals surface area contributed by atoms with Gasteiger partial charge in [-0.1, -0.05) is 0 Å². The molecule has 0 aliphatic carbocycles. The Hall–Kier alpha value is -1.93. The van der Waals surface area contributed by atoms with Crippen molar-refractivity contribution in [3.63, 3.8) is 0 Å². The van der Waals surface area contributed by atoms with Gasteiger partial charge in [-0.2, -0.15) is 18.3 Å². The van der Waals surface area contributed by atoms with Crippen molar-refractivity contribution in [1.82, 2.24) is 20.5 Å². The topological polar surface area (TPSA) is 93.8 Å². The summed E-state index contributed by atoms with van der Waals surface area (Å²) in [5.74, 6) is -2.73. The fourth-order valence-corrected chi connectivity index (χ4v) is 1.98. The normalized spacial score (nSPS) is 24.1. The first-order valence-corrected chi connectivity index (χ1v) is 5.64. The Balaban J connectivity index is 2.05. The first-order valence-electron chi connectivity index (χ1n) is 5.64. The maximum atomic E-state index is 12.6. The van der Waals surface area contributed by atoms with Crippen LogP contribution in [-0.2, 0) is 11.2 Å². The maximum absolute atomic E-state index is 12.6. The third-order valence-electron chi connectivity index (χ3n) is 3.01. The molecule has 0 saturated carbocycles. The molecule has 0 bridgehead atoms. The summed E-state index contributed by atoms with van der Waals surface area (Å²) >= 11 is 0. The Bertz CT molecular complexity index is 461. The van der Waals surface area contributed by atoms with Crippen LogP contribution in [0, 0.1) is 11.8 Å². The Morgan fingerprint density at radius 3 is 2.74 bits per heavy atom. The van der Waals surface area contributed by atoms with Gasteiger partial charge in [0.15, 0.2) is 0 Å². The van der Waals surface area contributed by atoms with Crippen LogP contribution in [0.2, 0.25) is 0 Å². The zero-order chi connectivity index (χ0) is 14.0. The molecule has 0 radical (unpaired) electrons. The zero-order valence-electron chi connectivity index (χ0n) is 9.81. The van der Waals surface area contributed by atoms with Crippen molar-refractivity contribution in [3.05, 3.63) is 11.9 Å². The van der Waals surface area contributed by atoms with Crippen LogP contribution < -0.4 is 11.1 Å². The van der Waals surface area contributed by atoms with Crippen LogP contribution in [0.4, 0.5) is 19.1 Å². The van der Waals surface area contributed by atoms with Gasteiger partial charge in [-0.25, -0.2) is 4.98 Å². The third-order valence-corrected chi connectivity index (χ3v) is 3.01. The zero-order valence-corrected chi connectivity index (χ0v) is 9.81. The largest absolute Gasteiger partial charge is 0.393 e. The van der Waals surface area contributed by atoms with Crippen LogP contribution in [-0.4, -0.2) is 33.8 Å². The average Bonchev–Trinajstić information content (AvgIpc) is 2.33. The summed E-state index contributed by atoms with van der Waals surface area (Å²) in [6, 6.07) is 0. The molecule has 9 heteroatoms. The number of nitrogens with one attached hydrogen (secondary N) is 1. The van der Waals surface area contributed by atoms with E-state index in [1.165, 1.54) is 6.20 Å². The van der Waals surface area contributed by atoms with Gasteiger partial charge in [-0.3, -0.25) is 4.79 Å². The fraction of sp³-hybridized carbons (Fsp3) is 0.600. The minimum absolute atomic E-state index is 0.0231. The van der Waals surface area contributed by atoms with Crippen LogP contribution in [0.15, 0.2) is 6.20 Å². The number of hydrogen-bond donors (Lipinski definition) is 2. The van der Waals surface area contributed by atoms with Crippen LogP contribution >= 0.6 is 0 Å². The number of hydrogen-bond acceptors (Lipinski definition) is 5. The summed E-state index contributed by atoms with van der Waals surface area (Å²) in [5.41, 5.74) is 5.60. The van der Waals surface area contributed by atoms with E-state index in [9.17, 15) is 18.0 Å². The second-order valence-corrected chi connectivity index (χ2v) is 4.43. The van der Waals surface area contributed by atoms with E-state index in [1.807, 2.05) is 0 Å². The smallest absolute Gasteiger partial charge is 0.366 e.